The van der Waals surface area contributed by atoms with E-state index >= 15 is 0 Å². The minimum absolute atomic E-state index is 0.178. The van der Waals surface area contributed by atoms with Crippen LogP contribution in [0.2, 0.25) is 10.0 Å². The summed E-state index contributed by atoms with van der Waals surface area (Å²) >= 11 is 12.1. The van der Waals surface area contributed by atoms with E-state index in [2.05, 4.69) is 11.4 Å². The highest BCUT2D eigenvalue weighted by atomic mass is 35.5. The van der Waals surface area contributed by atoms with Gasteiger partial charge in [-0.2, -0.15) is 5.26 Å². The van der Waals surface area contributed by atoms with Gasteiger partial charge in [0.25, 0.3) is 5.91 Å². The van der Waals surface area contributed by atoms with Crippen LogP contribution in [0.1, 0.15) is 41.6 Å². The molecule has 0 bridgehead atoms. The minimum atomic E-state index is -0.862. The van der Waals surface area contributed by atoms with E-state index < -0.39 is 24.0 Å². The van der Waals surface area contributed by atoms with Crippen LogP contribution in [-0.2, 0) is 16.1 Å². The number of halogens is 2. The molecular formula is C23H22Cl2N2O5. The molecule has 2 aromatic carbocycles. The number of amides is 1. The van der Waals surface area contributed by atoms with Gasteiger partial charge in [-0.15, -0.1) is 0 Å². The Hall–Kier alpha value is -2.95. The Bertz CT molecular complexity index is 1050. The van der Waals surface area contributed by atoms with Gasteiger partial charge in [0.05, 0.1) is 18.7 Å². The molecular weight excluding hydrogens is 455 g/mol. The number of benzene rings is 2. The number of nitrogens with one attached hydrogen (secondary N) is 1. The van der Waals surface area contributed by atoms with Gasteiger partial charge in [-0.05, 0) is 56.0 Å². The van der Waals surface area contributed by atoms with Gasteiger partial charge in [0, 0.05) is 15.6 Å². The fourth-order valence-corrected chi connectivity index (χ4v) is 3.93. The van der Waals surface area contributed by atoms with Crippen molar-refractivity contribution in [2.75, 3.05) is 13.7 Å². The molecule has 1 saturated carbocycles. The monoisotopic (exact) mass is 476 g/mol. The summed E-state index contributed by atoms with van der Waals surface area (Å²) in [5, 5.41) is 13.0. The molecule has 1 aliphatic carbocycles. The number of carbonyl (C=O) groups excluding carboxylic acids is 2. The van der Waals surface area contributed by atoms with Gasteiger partial charge in [0.15, 0.2) is 18.1 Å². The standard InChI is InChI=1S/C23H22Cl2N2O5/c1-30-20-10-15(5-7-19(20)31-12-16-4-6-17(24)11-18(16)25)22(29)32-13-21(28)27-23(14-26)8-2-3-9-23/h4-7,10-11H,2-3,8-9,12-13H2,1H3,(H,27,28). The largest absolute Gasteiger partial charge is 0.493 e. The van der Waals surface area contributed by atoms with Crippen LogP contribution in [0.3, 0.4) is 0 Å². The van der Waals surface area contributed by atoms with Gasteiger partial charge in [-0.3, -0.25) is 4.79 Å². The fraction of sp³-hybridized carbons (Fsp3) is 0.348. The third-order valence-corrected chi connectivity index (χ3v) is 5.77. The maximum absolute atomic E-state index is 12.4. The highest BCUT2D eigenvalue weighted by molar-refractivity contribution is 6.35. The highest BCUT2D eigenvalue weighted by Gasteiger charge is 2.35. The van der Waals surface area contributed by atoms with E-state index in [1.54, 1.807) is 24.3 Å². The number of hydrogen-bond donors (Lipinski definition) is 1. The normalized spacial score (nSPS) is 14.3. The van der Waals surface area contributed by atoms with Gasteiger partial charge in [-0.25, -0.2) is 4.79 Å². The van der Waals surface area contributed by atoms with E-state index in [1.165, 1.54) is 19.2 Å². The van der Waals surface area contributed by atoms with Gasteiger partial charge in [0.2, 0.25) is 0 Å². The van der Waals surface area contributed by atoms with E-state index in [0.29, 0.717) is 34.4 Å². The Balaban J connectivity index is 1.59. The molecule has 0 aliphatic heterocycles. The Morgan fingerprint density at radius 3 is 2.53 bits per heavy atom. The number of methoxy groups -OCH3 is 1. The van der Waals surface area contributed by atoms with Crippen molar-refractivity contribution in [1.29, 1.82) is 5.26 Å². The molecule has 9 heteroatoms. The first-order chi connectivity index (χ1) is 15.4. The first-order valence-corrected chi connectivity index (χ1v) is 10.8. The highest BCUT2D eigenvalue weighted by Crippen LogP contribution is 2.31. The Kier molecular flexibility index (Phi) is 7.84. The molecule has 0 atom stereocenters. The molecule has 7 nitrogen and oxygen atoms in total. The van der Waals surface area contributed by atoms with Gasteiger partial charge in [0.1, 0.15) is 12.1 Å². The van der Waals surface area contributed by atoms with Crippen LogP contribution in [0.15, 0.2) is 36.4 Å². The molecule has 0 unspecified atom stereocenters. The zero-order valence-corrected chi connectivity index (χ0v) is 19.0. The number of hydrogen-bond acceptors (Lipinski definition) is 6. The summed E-state index contributed by atoms with van der Waals surface area (Å²) in [6.07, 6.45) is 2.96. The topological polar surface area (TPSA) is 97.6 Å². The Labute approximate surface area is 196 Å². The molecule has 168 valence electrons. The predicted molar refractivity (Wildman–Crippen MR) is 119 cm³/mol. The van der Waals surface area contributed by atoms with Crippen molar-refractivity contribution < 1.29 is 23.8 Å². The summed E-state index contributed by atoms with van der Waals surface area (Å²) in [6, 6.07) is 11.8. The van der Waals surface area contributed by atoms with Crippen LogP contribution in [0.5, 0.6) is 11.5 Å². The van der Waals surface area contributed by atoms with Crippen LogP contribution in [0, 0.1) is 11.3 Å². The van der Waals surface area contributed by atoms with Crippen LogP contribution in [0.4, 0.5) is 0 Å². The Morgan fingerprint density at radius 1 is 1.12 bits per heavy atom. The lowest BCUT2D eigenvalue weighted by Crippen LogP contribution is -2.46. The van der Waals surface area contributed by atoms with Crippen molar-refractivity contribution >= 4 is 35.1 Å². The second-order valence-corrected chi connectivity index (χ2v) is 8.26. The molecule has 0 radical (unpaired) electrons. The maximum atomic E-state index is 12.4. The third-order valence-electron chi connectivity index (χ3n) is 5.18. The molecule has 3 rings (SSSR count). The van der Waals surface area contributed by atoms with Crippen molar-refractivity contribution in [3.63, 3.8) is 0 Å². The summed E-state index contributed by atoms with van der Waals surface area (Å²) in [5.74, 6) is -0.467. The van der Waals surface area contributed by atoms with Crippen LogP contribution in [0.25, 0.3) is 0 Å². The zero-order chi connectivity index (χ0) is 23.1. The quantitative estimate of drug-likeness (QED) is 0.554. The molecule has 0 saturated heterocycles. The van der Waals surface area contributed by atoms with E-state index in [9.17, 15) is 14.9 Å². The number of ether oxygens (including phenoxy) is 3. The zero-order valence-electron chi connectivity index (χ0n) is 17.5. The molecule has 1 fully saturated rings. The minimum Gasteiger partial charge on any atom is -0.493 e. The average molecular weight is 477 g/mol. The molecule has 32 heavy (non-hydrogen) atoms. The number of carbonyl (C=O) groups is 2. The number of esters is 1. The summed E-state index contributed by atoms with van der Waals surface area (Å²) in [6.45, 7) is -0.297. The summed E-state index contributed by atoms with van der Waals surface area (Å²) in [4.78, 5) is 24.5. The van der Waals surface area contributed by atoms with E-state index in [0.717, 1.165) is 18.4 Å². The summed E-state index contributed by atoms with van der Waals surface area (Å²) < 4.78 is 16.2. The van der Waals surface area contributed by atoms with Crippen LogP contribution < -0.4 is 14.8 Å². The van der Waals surface area contributed by atoms with E-state index in [4.69, 9.17) is 37.4 Å². The van der Waals surface area contributed by atoms with Gasteiger partial charge in [-0.1, -0.05) is 29.3 Å². The van der Waals surface area contributed by atoms with Crippen LogP contribution in [-0.4, -0.2) is 31.1 Å². The number of rotatable bonds is 8. The molecule has 0 spiro atoms. The second-order valence-electron chi connectivity index (χ2n) is 7.42. The molecule has 2 aromatic rings. The molecule has 1 N–H and O–H groups in total. The first kappa shape index (κ1) is 23.7. The lowest BCUT2D eigenvalue weighted by atomic mass is 10.00. The molecule has 1 amide bonds. The SMILES string of the molecule is COc1cc(C(=O)OCC(=O)NC2(C#N)CCCC2)ccc1OCc1ccc(Cl)cc1Cl. The van der Waals surface area contributed by atoms with Crippen molar-refractivity contribution in [3.8, 4) is 17.6 Å². The fourth-order valence-electron chi connectivity index (χ4n) is 3.47. The molecule has 0 aromatic heterocycles. The number of nitrogens with zero attached hydrogens (tertiary/aromatic N) is 1. The number of nitriles is 1. The average Bonchev–Trinajstić information content (AvgIpc) is 3.25. The third kappa shape index (κ3) is 5.84. The van der Waals surface area contributed by atoms with Crippen LogP contribution >= 0.6 is 23.2 Å². The van der Waals surface area contributed by atoms with Crippen molar-refractivity contribution in [1.82, 2.24) is 5.32 Å². The maximum Gasteiger partial charge on any atom is 0.338 e. The lowest BCUT2D eigenvalue weighted by Gasteiger charge is -2.21. The van der Waals surface area contributed by atoms with Gasteiger partial charge >= 0.3 is 5.97 Å². The van der Waals surface area contributed by atoms with Crippen molar-refractivity contribution in [2.24, 2.45) is 0 Å². The van der Waals surface area contributed by atoms with Gasteiger partial charge < -0.3 is 19.5 Å². The Morgan fingerprint density at radius 2 is 1.88 bits per heavy atom. The smallest absolute Gasteiger partial charge is 0.338 e. The lowest BCUT2D eigenvalue weighted by molar-refractivity contribution is -0.125. The van der Waals surface area contributed by atoms with E-state index in [1.807, 2.05) is 0 Å². The molecule has 0 heterocycles. The summed E-state index contributed by atoms with van der Waals surface area (Å²) in [7, 11) is 1.45. The van der Waals surface area contributed by atoms with E-state index in [-0.39, 0.29) is 12.2 Å². The molecule has 1 aliphatic rings. The van der Waals surface area contributed by atoms with Crippen molar-refractivity contribution in [3.05, 3.63) is 57.6 Å². The van der Waals surface area contributed by atoms with Crippen molar-refractivity contribution in [2.45, 2.75) is 37.8 Å². The predicted octanol–water partition coefficient (Wildman–Crippen LogP) is 4.69. The summed E-state index contributed by atoms with van der Waals surface area (Å²) in [5.41, 5.74) is 0.0750. The first-order valence-electron chi connectivity index (χ1n) is 10.00. The second kappa shape index (κ2) is 10.6.